The lowest BCUT2D eigenvalue weighted by Crippen LogP contribution is -2.60. The number of ether oxygens (including phenoxy) is 3. The van der Waals surface area contributed by atoms with Crippen molar-refractivity contribution in [2.75, 3.05) is 36.2 Å². The Morgan fingerprint density at radius 3 is 2.11 bits per heavy atom. The van der Waals surface area contributed by atoms with Crippen LogP contribution in [0.15, 0.2) is 66.3 Å². The van der Waals surface area contributed by atoms with Crippen molar-refractivity contribution in [1.82, 2.24) is 25.5 Å². The number of alkyl halides is 3. The van der Waals surface area contributed by atoms with Gasteiger partial charge in [-0.1, -0.05) is 45.0 Å². The second kappa shape index (κ2) is 25.5. The number of thiocarbonyl (C=S) groups is 1. The number of hydrogen-bond acceptors (Lipinski definition) is 13. The number of nitrogens with one attached hydrogen (secondary N) is 2. The number of carbonyl (C=O) groups is 5. The third-order valence-corrected chi connectivity index (χ3v) is 14.4. The molecule has 16 nitrogen and oxygen atoms in total. The molecule has 81 heavy (non-hydrogen) atoms. The SMILES string of the molecule is CC(=O)O[C@H](C)CN(C(=O)[C@@H](NC(=O)COCCCCOc1c(F)cc(-c2ncc(N3C(=S)N(c4ccc(C#N)c(C(F)(F)F)c4F)C(=O)C3(C)C)cc2F)cc1F)C(C)(C)C)[C@@H](C)C(=O)N[C@@H](C)c1ccc(-c2scnc2C)cc1. The van der Waals surface area contributed by atoms with Crippen LogP contribution >= 0.6 is 23.6 Å². The van der Waals surface area contributed by atoms with Crippen molar-refractivity contribution in [2.45, 2.75) is 118 Å². The fourth-order valence-electron chi connectivity index (χ4n) is 8.91. The molecule has 0 spiro atoms. The molecule has 0 radical (unpaired) electrons. The molecule has 432 valence electrons. The summed E-state index contributed by atoms with van der Waals surface area (Å²) in [7, 11) is 0. The summed E-state index contributed by atoms with van der Waals surface area (Å²) in [4.78, 5) is 79.2. The van der Waals surface area contributed by atoms with Crippen molar-refractivity contribution in [3.63, 3.8) is 0 Å². The minimum absolute atomic E-state index is 0.0123. The van der Waals surface area contributed by atoms with E-state index in [4.69, 9.17) is 26.4 Å². The van der Waals surface area contributed by atoms with Gasteiger partial charge in [0.05, 0.1) is 64.5 Å². The second-order valence-corrected chi connectivity index (χ2v) is 21.9. The van der Waals surface area contributed by atoms with Crippen LogP contribution in [0.1, 0.15) is 104 Å². The molecule has 5 aromatic rings. The molecule has 6 rings (SSSR count). The lowest BCUT2D eigenvalue weighted by molar-refractivity contribution is -0.153. The molecule has 25 heteroatoms. The largest absolute Gasteiger partial charge is 0.488 e. The number of carbonyl (C=O) groups excluding carboxylic acids is 5. The maximum absolute atomic E-state index is 15.8. The molecule has 3 heterocycles. The highest BCUT2D eigenvalue weighted by atomic mass is 32.1. The number of pyridine rings is 1. The molecule has 4 atom stereocenters. The number of hydrogen-bond donors (Lipinski definition) is 2. The van der Waals surface area contributed by atoms with E-state index in [9.17, 15) is 42.4 Å². The Bertz CT molecular complexity index is 3230. The van der Waals surface area contributed by atoms with E-state index >= 15 is 17.6 Å². The van der Waals surface area contributed by atoms with Gasteiger partial charge in [0, 0.05) is 25.2 Å². The zero-order valence-corrected chi connectivity index (χ0v) is 47.4. The average molecular weight is 1170 g/mol. The van der Waals surface area contributed by atoms with E-state index < -0.39 is 134 Å². The van der Waals surface area contributed by atoms with Crippen LogP contribution in [0.3, 0.4) is 0 Å². The highest BCUT2D eigenvalue weighted by molar-refractivity contribution is 7.81. The topological polar surface area (TPSA) is 196 Å². The number of unbranched alkanes of at least 4 members (excludes halogenated alkanes) is 1. The predicted octanol–water partition coefficient (Wildman–Crippen LogP) is 10.3. The standard InChI is InChI=1S/C56H59F7N8O8S2/c1-29(79-33(5)72)26-69(32(4)50(74)67-30(2)34-13-15-35(16-14-34)48-31(3)66-28-81-48)51(75)49(54(6,7)8)68-43(73)27-77-19-11-12-20-78-47-40(58)21-37(22-41(47)59)46-39(57)23-38(25-65-46)71-53(80)70(52(76)55(71,9)10)42-18-17-36(24-64)44(45(42)60)56(61,62)63/h13-18,21-23,25,28-30,32,49H,11-12,19-20,26-27H2,1-10H3,(H,67,74)(H,68,73)/t29-,30+,32+,49-/m1/s1. The number of nitrogens with zero attached hydrogens (tertiary/aromatic N) is 6. The molecule has 3 aromatic carbocycles. The van der Waals surface area contributed by atoms with Crippen molar-refractivity contribution < 1.29 is 68.9 Å². The molecule has 4 amide bonds. The summed E-state index contributed by atoms with van der Waals surface area (Å²) in [6.07, 6.45) is -4.71. The third-order valence-electron chi connectivity index (χ3n) is 13.1. The Labute approximate surface area is 472 Å². The summed E-state index contributed by atoms with van der Waals surface area (Å²) in [6, 6.07) is 10.0. The van der Waals surface area contributed by atoms with E-state index in [1.165, 1.54) is 50.0 Å². The third kappa shape index (κ3) is 14.3. The van der Waals surface area contributed by atoms with Crippen LogP contribution in [0.25, 0.3) is 21.7 Å². The highest BCUT2D eigenvalue weighted by Crippen LogP contribution is 2.43. The van der Waals surface area contributed by atoms with Gasteiger partial charge < -0.3 is 34.6 Å². The average Bonchev–Trinajstić information content (AvgIpc) is 3.88. The van der Waals surface area contributed by atoms with Crippen molar-refractivity contribution >= 4 is 69.6 Å². The molecule has 1 aliphatic heterocycles. The first-order valence-electron chi connectivity index (χ1n) is 25.3. The molecule has 1 fully saturated rings. The summed E-state index contributed by atoms with van der Waals surface area (Å²) < 4.78 is 120. The fourth-order valence-corrected chi connectivity index (χ4v) is 10.2. The number of nitriles is 1. The Kier molecular flexibility index (Phi) is 19.7. The Hall–Kier alpha value is -7.56. The van der Waals surface area contributed by atoms with Gasteiger partial charge in [-0.15, -0.1) is 11.3 Å². The fraction of sp³-hybridized carbons (Fsp3) is 0.411. The Balaban J connectivity index is 1.03. The van der Waals surface area contributed by atoms with E-state index in [0.717, 1.165) is 57.1 Å². The van der Waals surface area contributed by atoms with Crippen molar-refractivity contribution in [2.24, 2.45) is 5.41 Å². The second-order valence-electron chi connectivity index (χ2n) is 20.7. The number of esters is 1. The van der Waals surface area contributed by atoms with E-state index in [2.05, 4.69) is 20.6 Å². The summed E-state index contributed by atoms with van der Waals surface area (Å²) in [5, 5.41) is 14.3. The van der Waals surface area contributed by atoms with Crippen molar-refractivity contribution in [1.29, 1.82) is 5.26 Å². The van der Waals surface area contributed by atoms with Gasteiger partial charge in [0.15, 0.2) is 34.1 Å². The van der Waals surface area contributed by atoms with Crippen LogP contribution in [0.5, 0.6) is 5.75 Å². The molecule has 0 saturated carbocycles. The van der Waals surface area contributed by atoms with Crippen LogP contribution in [0.4, 0.5) is 42.1 Å². The number of anilines is 2. The van der Waals surface area contributed by atoms with Crippen LogP contribution in [0, 0.1) is 46.9 Å². The van der Waals surface area contributed by atoms with Crippen LogP contribution in [0.2, 0.25) is 0 Å². The number of benzene rings is 3. The molecule has 2 aromatic heterocycles. The van der Waals surface area contributed by atoms with Crippen LogP contribution in [-0.2, 0) is 39.6 Å². The maximum Gasteiger partial charge on any atom is 0.420 e. The normalized spacial score (nSPS) is 14.9. The van der Waals surface area contributed by atoms with Crippen molar-refractivity contribution in [3.05, 3.63) is 112 Å². The first-order chi connectivity index (χ1) is 37.9. The minimum atomic E-state index is -5.31. The molecular weight excluding hydrogens is 1110 g/mol. The van der Waals surface area contributed by atoms with E-state index in [-0.39, 0.29) is 43.9 Å². The van der Waals surface area contributed by atoms with Gasteiger partial charge in [-0.3, -0.25) is 33.9 Å². The zero-order chi connectivity index (χ0) is 60.1. The number of aryl methyl sites for hydroxylation is 1. The zero-order valence-electron chi connectivity index (χ0n) is 45.8. The summed E-state index contributed by atoms with van der Waals surface area (Å²) >= 11 is 6.92. The number of rotatable bonds is 21. The smallest absolute Gasteiger partial charge is 0.420 e. The van der Waals surface area contributed by atoms with E-state index in [1.807, 2.05) is 31.2 Å². The Morgan fingerprint density at radius 2 is 1.54 bits per heavy atom. The van der Waals surface area contributed by atoms with Gasteiger partial charge in [0.25, 0.3) is 5.91 Å². The summed E-state index contributed by atoms with van der Waals surface area (Å²) in [5.41, 5.74) is -3.14. The lowest BCUT2D eigenvalue weighted by atomic mass is 9.85. The molecular formula is C56H59F7N8O8S2. The van der Waals surface area contributed by atoms with Gasteiger partial charge in [-0.25, -0.2) is 22.5 Å². The minimum Gasteiger partial charge on any atom is -0.488 e. The molecule has 1 saturated heterocycles. The molecule has 0 aliphatic carbocycles. The first kappa shape index (κ1) is 62.6. The van der Waals surface area contributed by atoms with Gasteiger partial charge >= 0.3 is 12.1 Å². The predicted molar refractivity (Wildman–Crippen MR) is 290 cm³/mol. The van der Waals surface area contributed by atoms with Gasteiger partial charge in [0.2, 0.25) is 17.7 Å². The van der Waals surface area contributed by atoms with Gasteiger partial charge in [-0.05, 0) is 107 Å². The highest BCUT2D eigenvalue weighted by Gasteiger charge is 2.52. The summed E-state index contributed by atoms with van der Waals surface area (Å²) in [5.74, 6) is -9.67. The van der Waals surface area contributed by atoms with E-state index in [1.54, 1.807) is 40.1 Å². The number of thiazole rings is 1. The maximum atomic E-state index is 15.8. The Morgan fingerprint density at radius 1 is 0.901 bits per heavy atom. The van der Waals surface area contributed by atoms with E-state index in [0.29, 0.717) is 11.0 Å². The first-order valence-corrected chi connectivity index (χ1v) is 26.6. The monoisotopic (exact) mass is 1170 g/mol. The van der Waals surface area contributed by atoms with Gasteiger partial charge in [-0.2, -0.15) is 18.4 Å². The van der Waals surface area contributed by atoms with Crippen LogP contribution < -0.4 is 25.2 Å². The number of halogens is 7. The number of amides is 4. The van der Waals surface area contributed by atoms with Gasteiger partial charge in [0.1, 0.15) is 41.6 Å². The molecule has 0 bridgehead atoms. The van der Waals surface area contributed by atoms with Crippen molar-refractivity contribution in [3.8, 4) is 33.5 Å². The molecule has 1 aliphatic rings. The van der Waals surface area contributed by atoms with Crippen LogP contribution in [-0.4, -0.2) is 99.7 Å². The molecule has 2 N–H and O–H groups in total. The lowest BCUT2D eigenvalue weighted by Gasteiger charge is -2.38. The summed E-state index contributed by atoms with van der Waals surface area (Å²) in [6.45, 7) is 14.9. The quantitative estimate of drug-likeness (QED) is 0.0305. The molecule has 0 unspecified atom stereocenters. The number of aromatic nitrogens is 2.